The summed E-state index contributed by atoms with van der Waals surface area (Å²) in [5.74, 6) is 1.19. The Hall–Kier alpha value is -1.95. The van der Waals surface area contributed by atoms with Gasteiger partial charge in [-0.25, -0.2) is 9.97 Å². The van der Waals surface area contributed by atoms with Crippen LogP contribution in [-0.4, -0.2) is 29.5 Å². The standard InChI is InChI=1S/C11H11ClN6/c12-8-10-15-9-2-1-3-13-11(9)18(10)7-6-17-5-4-14-16-17/h1-5H,6-8H2. The number of aryl methyl sites for hydroxylation is 2. The Morgan fingerprint density at radius 1 is 1.22 bits per heavy atom. The molecule has 18 heavy (non-hydrogen) atoms. The summed E-state index contributed by atoms with van der Waals surface area (Å²) in [6.07, 6.45) is 5.24. The Morgan fingerprint density at radius 2 is 2.17 bits per heavy atom. The highest BCUT2D eigenvalue weighted by Crippen LogP contribution is 2.15. The lowest BCUT2D eigenvalue weighted by Gasteiger charge is -2.06. The van der Waals surface area contributed by atoms with Gasteiger partial charge in [-0.15, -0.1) is 16.7 Å². The average molecular weight is 263 g/mol. The van der Waals surface area contributed by atoms with E-state index < -0.39 is 0 Å². The summed E-state index contributed by atoms with van der Waals surface area (Å²) in [5.41, 5.74) is 1.72. The van der Waals surface area contributed by atoms with Crippen LogP contribution in [0, 0.1) is 0 Å². The van der Waals surface area contributed by atoms with Gasteiger partial charge in [-0.2, -0.15) is 0 Å². The molecule has 6 nitrogen and oxygen atoms in total. The molecular weight excluding hydrogens is 252 g/mol. The summed E-state index contributed by atoms with van der Waals surface area (Å²) >= 11 is 5.92. The van der Waals surface area contributed by atoms with Gasteiger partial charge in [0.05, 0.1) is 18.6 Å². The van der Waals surface area contributed by atoms with Crippen molar-refractivity contribution in [2.24, 2.45) is 0 Å². The molecule has 3 heterocycles. The zero-order chi connectivity index (χ0) is 12.4. The van der Waals surface area contributed by atoms with E-state index in [1.54, 1.807) is 17.1 Å². The Morgan fingerprint density at radius 3 is 2.94 bits per heavy atom. The third-order valence-corrected chi connectivity index (χ3v) is 2.97. The van der Waals surface area contributed by atoms with Crippen LogP contribution < -0.4 is 0 Å². The predicted octanol–water partition coefficient (Wildman–Crippen LogP) is 1.46. The van der Waals surface area contributed by atoms with Crippen molar-refractivity contribution >= 4 is 22.8 Å². The lowest BCUT2D eigenvalue weighted by Crippen LogP contribution is -2.10. The Kier molecular flexibility index (Phi) is 2.93. The van der Waals surface area contributed by atoms with Crippen LogP contribution in [0.1, 0.15) is 5.82 Å². The molecule has 0 aliphatic rings. The number of rotatable bonds is 4. The third-order valence-electron chi connectivity index (χ3n) is 2.73. The first-order valence-corrected chi connectivity index (χ1v) is 6.12. The summed E-state index contributed by atoms with van der Waals surface area (Å²) in [4.78, 5) is 8.80. The first kappa shape index (κ1) is 11.2. The number of hydrogen-bond acceptors (Lipinski definition) is 4. The highest BCUT2D eigenvalue weighted by Gasteiger charge is 2.10. The quantitative estimate of drug-likeness (QED) is 0.668. The molecular formula is C11H11ClN6. The molecule has 0 amide bonds. The first-order valence-electron chi connectivity index (χ1n) is 5.58. The molecule has 0 unspecified atom stereocenters. The van der Waals surface area contributed by atoms with Gasteiger partial charge >= 0.3 is 0 Å². The maximum absolute atomic E-state index is 5.92. The molecule has 3 rings (SSSR count). The van der Waals surface area contributed by atoms with Crippen LogP contribution in [0.2, 0.25) is 0 Å². The van der Waals surface area contributed by atoms with Crippen LogP contribution in [0.15, 0.2) is 30.7 Å². The van der Waals surface area contributed by atoms with Gasteiger partial charge in [-0.05, 0) is 12.1 Å². The number of nitrogens with zero attached hydrogens (tertiary/aromatic N) is 6. The van der Waals surface area contributed by atoms with E-state index in [1.807, 2.05) is 22.9 Å². The molecule has 7 heteroatoms. The van der Waals surface area contributed by atoms with Gasteiger partial charge in [0.1, 0.15) is 11.3 Å². The fourth-order valence-electron chi connectivity index (χ4n) is 1.90. The lowest BCUT2D eigenvalue weighted by atomic mass is 10.4. The van der Waals surface area contributed by atoms with Gasteiger partial charge in [0, 0.05) is 18.9 Å². The fraction of sp³-hybridized carbons (Fsp3) is 0.273. The SMILES string of the molecule is ClCc1nc2cccnc2n1CCn1ccnn1. The summed E-state index contributed by atoms with van der Waals surface area (Å²) in [6, 6.07) is 3.81. The van der Waals surface area contributed by atoms with Crippen molar-refractivity contribution in [1.82, 2.24) is 29.5 Å². The van der Waals surface area contributed by atoms with Gasteiger partial charge in [0.15, 0.2) is 5.65 Å². The molecule has 0 spiro atoms. The van der Waals surface area contributed by atoms with E-state index in [-0.39, 0.29) is 0 Å². The van der Waals surface area contributed by atoms with Gasteiger partial charge in [0.25, 0.3) is 0 Å². The van der Waals surface area contributed by atoms with E-state index in [2.05, 4.69) is 20.3 Å². The highest BCUT2D eigenvalue weighted by molar-refractivity contribution is 6.16. The minimum Gasteiger partial charge on any atom is -0.310 e. The Bertz CT molecular complexity index is 645. The third kappa shape index (κ3) is 1.95. The molecule has 0 aromatic carbocycles. The molecule has 0 N–H and O–H groups in total. The maximum atomic E-state index is 5.92. The average Bonchev–Trinajstić information content (AvgIpc) is 3.03. The molecule has 0 saturated carbocycles. The van der Waals surface area contributed by atoms with Crippen molar-refractivity contribution in [2.75, 3.05) is 0 Å². The second kappa shape index (κ2) is 4.73. The predicted molar refractivity (Wildman–Crippen MR) is 67.1 cm³/mol. The zero-order valence-electron chi connectivity index (χ0n) is 9.57. The van der Waals surface area contributed by atoms with Crippen LogP contribution in [-0.2, 0) is 19.0 Å². The Balaban J connectivity index is 1.94. The van der Waals surface area contributed by atoms with Gasteiger partial charge in [-0.1, -0.05) is 5.21 Å². The molecule has 92 valence electrons. The van der Waals surface area contributed by atoms with Gasteiger partial charge in [-0.3, -0.25) is 4.68 Å². The van der Waals surface area contributed by atoms with Crippen molar-refractivity contribution in [3.8, 4) is 0 Å². The zero-order valence-corrected chi connectivity index (χ0v) is 10.3. The number of aromatic nitrogens is 6. The Labute approximate surface area is 108 Å². The van der Waals surface area contributed by atoms with Crippen molar-refractivity contribution in [1.29, 1.82) is 0 Å². The largest absolute Gasteiger partial charge is 0.310 e. The lowest BCUT2D eigenvalue weighted by molar-refractivity contribution is 0.517. The van der Waals surface area contributed by atoms with E-state index in [1.165, 1.54) is 0 Å². The minimum atomic E-state index is 0.369. The normalized spacial score (nSPS) is 11.2. The molecule has 0 atom stereocenters. The maximum Gasteiger partial charge on any atom is 0.160 e. The minimum absolute atomic E-state index is 0.369. The number of fused-ring (bicyclic) bond motifs is 1. The van der Waals surface area contributed by atoms with Gasteiger partial charge < -0.3 is 4.57 Å². The van der Waals surface area contributed by atoms with Crippen molar-refractivity contribution in [3.63, 3.8) is 0 Å². The van der Waals surface area contributed by atoms with Crippen molar-refractivity contribution < 1.29 is 0 Å². The van der Waals surface area contributed by atoms with Crippen LogP contribution >= 0.6 is 11.6 Å². The molecule has 0 radical (unpaired) electrons. The molecule has 0 fully saturated rings. The second-order valence-corrected chi connectivity index (χ2v) is 4.09. The van der Waals surface area contributed by atoms with Crippen LogP contribution in [0.5, 0.6) is 0 Å². The van der Waals surface area contributed by atoms with Crippen LogP contribution in [0.25, 0.3) is 11.2 Å². The highest BCUT2D eigenvalue weighted by atomic mass is 35.5. The number of hydrogen-bond donors (Lipinski definition) is 0. The second-order valence-electron chi connectivity index (χ2n) is 3.83. The first-order chi connectivity index (χ1) is 8.88. The summed E-state index contributed by atoms with van der Waals surface area (Å²) < 4.78 is 3.79. The molecule has 0 aliphatic carbocycles. The van der Waals surface area contributed by atoms with Crippen molar-refractivity contribution in [2.45, 2.75) is 19.0 Å². The summed E-state index contributed by atoms with van der Waals surface area (Å²) in [5, 5.41) is 7.70. The molecule has 0 saturated heterocycles. The summed E-state index contributed by atoms with van der Waals surface area (Å²) in [6.45, 7) is 1.44. The van der Waals surface area contributed by atoms with E-state index in [0.29, 0.717) is 12.4 Å². The molecule has 0 aliphatic heterocycles. The molecule has 3 aromatic heterocycles. The van der Waals surface area contributed by atoms with Gasteiger partial charge in [0.2, 0.25) is 0 Å². The smallest absolute Gasteiger partial charge is 0.160 e. The monoisotopic (exact) mass is 262 g/mol. The van der Waals surface area contributed by atoms with E-state index in [9.17, 15) is 0 Å². The van der Waals surface area contributed by atoms with Crippen LogP contribution in [0.3, 0.4) is 0 Å². The molecule has 3 aromatic rings. The fourth-order valence-corrected chi connectivity index (χ4v) is 2.10. The van der Waals surface area contributed by atoms with Crippen LogP contribution in [0.4, 0.5) is 0 Å². The van der Waals surface area contributed by atoms with E-state index >= 15 is 0 Å². The topological polar surface area (TPSA) is 61.4 Å². The van der Waals surface area contributed by atoms with E-state index in [4.69, 9.17) is 11.6 Å². The number of pyridine rings is 1. The number of imidazole rings is 1. The number of alkyl halides is 1. The summed E-state index contributed by atoms with van der Waals surface area (Å²) in [7, 11) is 0. The molecule has 0 bridgehead atoms. The van der Waals surface area contributed by atoms with Crippen molar-refractivity contribution in [3.05, 3.63) is 36.5 Å². The number of halogens is 1. The van der Waals surface area contributed by atoms with E-state index in [0.717, 1.165) is 23.5 Å².